The average Bonchev–Trinajstić information content (AvgIpc) is 2.57. The van der Waals surface area contributed by atoms with Gasteiger partial charge in [0, 0.05) is 31.4 Å². The number of alkyl halides is 1. The van der Waals surface area contributed by atoms with Crippen molar-refractivity contribution in [2.45, 2.75) is 32.8 Å². The Morgan fingerprint density at radius 2 is 2.22 bits per heavy atom. The minimum absolute atomic E-state index is 0.158. The van der Waals surface area contributed by atoms with Crippen LogP contribution in [0.15, 0.2) is 0 Å². The highest BCUT2D eigenvalue weighted by Gasteiger charge is 2.28. The summed E-state index contributed by atoms with van der Waals surface area (Å²) in [4.78, 5) is 24.8. The van der Waals surface area contributed by atoms with Crippen LogP contribution in [0.5, 0.6) is 0 Å². The first-order valence-corrected chi connectivity index (χ1v) is 7.24. The molecule has 1 atom stereocenters. The SMILES string of the molecule is CC(C)(C)OC(=O)NCCN1CC(CBr)CC1=O. The van der Waals surface area contributed by atoms with E-state index < -0.39 is 11.7 Å². The van der Waals surface area contributed by atoms with Crippen LogP contribution in [0.3, 0.4) is 0 Å². The molecule has 0 saturated carbocycles. The van der Waals surface area contributed by atoms with Crippen LogP contribution in [0.2, 0.25) is 0 Å². The second-order valence-electron chi connectivity index (χ2n) is 5.49. The first kappa shape index (κ1) is 15.3. The molecule has 0 aliphatic carbocycles. The standard InChI is InChI=1S/C12H21BrN2O3/c1-12(2,3)18-11(17)14-4-5-15-8-9(7-13)6-10(15)16/h9H,4-8H2,1-3H3,(H,14,17). The molecule has 0 aromatic heterocycles. The Bertz CT molecular complexity index is 315. The molecule has 5 nitrogen and oxygen atoms in total. The van der Waals surface area contributed by atoms with Crippen molar-refractivity contribution < 1.29 is 14.3 Å². The number of carbonyl (C=O) groups excluding carboxylic acids is 2. The summed E-state index contributed by atoms with van der Waals surface area (Å²) in [5.41, 5.74) is -0.491. The third kappa shape index (κ3) is 5.25. The highest BCUT2D eigenvalue weighted by atomic mass is 79.9. The molecular weight excluding hydrogens is 300 g/mol. The van der Waals surface area contributed by atoms with Crippen LogP contribution in [-0.4, -0.2) is 47.5 Å². The highest BCUT2D eigenvalue weighted by Crippen LogP contribution is 2.18. The molecule has 18 heavy (non-hydrogen) atoms. The monoisotopic (exact) mass is 320 g/mol. The fraction of sp³-hybridized carbons (Fsp3) is 0.833. The maximum Gasteiger partial charge on any atom is 0.407 e. The van der Waals surface area contributed by atoms with Gasteiger partial charge >= 0.3 is 6.09 Å². The third-order valence-electron chi connectivity index (χ3n) is 2.56. The molecule has 0 radical (unpaired) electrons. The van der Waals surface area contributed by atoms with E-state index in [1.807, 2.05) is 20.8 Å². The molecule has 6 heteroatoms. The summed E-state index contributed by atoms with van der Waals surface area (Å²) >= 11 is 3.39. The van der Waals surface area contributed by atoms with Crippen molar-refractivity contribution in [2.75, 3.05) is 25.0 Å². The minimum Gasteiger partial charge on any atom is -0.444 e. The van der Waals surface area contributed by atoms with Crippen molar-refractivity contribution in [3.05, 3.63) is 0 Å². The largest absolute Gasteiger partial charge is 0.444 e. The quantitative estimate of drug-likeness (QED) is 0.803. The number of ether oxygens (including phenoxy) is 1. The molecule has 0 aromatic carbocycles. The summed E-state index contributed by atoms with van der Waals surface area (Å²) in [5, 5.41) is 3.49. The Kier molecular flexibility index (Phi) is 5.44. The molecule has 1 aliphatic heterocycles. The first-order valence-electron chi connectivity index (χ1n) is 6.12. The van der Waals surface area contributed by atoms with Gasteiger partial charge in [-0.05, 0) is 26.7 Å². The van der Waals surface area contributed by atoms with Crippen molar-refractivity contribution in [1.29, 1.82) is 0 Å². The van der Waals surface area contributed by atoms with Gasteiger partial charge < -0.3 is 15.0 Å². The molecule has 1 N–H and O–H groups in total. The number of halogens is 1. The fourth-order valence-electron chi connectivity index (χ4n) is 1.78. The normalized spacial score (nSPS) is 20.1. The van der Waals surface area contributed by atoms with E-state index in [9.17, 15) is 9.59 Å². The second kappa shape index (κ2) is 6.41. The van der Waals surface area contributed by atoms with Crippen LogP contribution in [-0.2, 0) is 9.53 Å². The summed E-state index contributed by atoms with van der Waals surface area (Å²) in [7, 11) is 0. The van der Waals surface area contributed by atoms with Crippen molar-refractivity contribution in [3.63, 3.8) is 0 Å². The molecule has 0 aromatic rings. The molecule has 1 rings (SSSR count). The molecule has 0 spiro atoms. The van der Waals surface area contributed by atoms with E-state index in [-0.39, 0.29) is 5.91 Å². The number of nitrogens with one attached hydrogen (secondary N) is 1. The number of nitrogens with zero attached hydrogens (tertiary/aromatic N) is 1. The number of alkyl carbamates (subject to hydrolysis) is 1. The van der Waals surface area contributed by atoms with E-state index in [1.54, 1.807) is 4.90 Å². The summed E-state index contributed by atoms with van der Waals surface area (Å²) in [6, 6.07) is 0. The van der Waals surface area contributed by atoms with E-state index in [4.69, 9.17) is 4.74 Å². The van der Waals surface area contributed by atoms with Crippen LogP contribution in [0.1, 0.15) is 27.2 Å². The van der Waals surface area contributed by atoms with Gasteiger partial charge in [0.1, 0.15) is 5.60 Å². The summed E-state index contributed by atoms with van der Waals surface area (Å²) in [5.74, 6) is 0.546. The lowest BCUT2D eigenvalue weighted by molar-refractivity contribution is -0.127. The van der Waals surface area contributed by atoms with Gasteiger partial charge in [0.05, 0.1) is 0 Å². The van der Waals surface area contributed by atoms with Gasteiger partial charge in [-0.3, -0.25) is 4.79 Å². The summed E-state index contributed by atoms with van der Waals surface area (Å²) < 4.78 is 5.11. The van der Waals surface area contributed by atoms with E-state index in [0.29, 0.717) is 25.4 Å². The van der Waals surface area contributed by atoms with Gasteiger partial charge in [-0.1, -0.05) is 15.9 Å². The van der Waals surface area contributed by atoms with Crippen LogP contribution in [0.25, 0.3) is 0 Å². The lowest BCUT2D eigenvalue weighted by atomic mass is 10.2. The van der Waals surface area contributed by atoms with Crippen molar-refractivity contribution >= 4 is 27.9 Å². The van der Waals surface area contributed by atoms with Gasteiger partial charge in [-0.25, -0.2) is 4.79 Å². The zero-order valence-corrected chi connectivity index (χ0v) is 12.7. The molecular formula is C12H21BrN2O3. The van der Waals surface area contributed by atoms with E-state index >= 15 is 0 Å². The highest BCUT2D eigenvalue weighted by molar-refractivity contribution is 9.09. The molecule has 1 fully saturated rings. The lowest BCUT2D eigenvalue weighted by Crippen LogP contribution is -2.38. The Balaban J connectivity index is 2.22. The van der Waals surface area contributed by atoms with E-state index in [1.165, 1.54) is 0 Å². The maximum absolute atomic E-state index is 11.6. The van der Waals surface area contributed by atoms with Crippen LogP contribution >= 0.6 is 15.9 Å². The molecule has 1 saturated heterocycles. The van der Waals surface area contributed by atoms with Gasteiger partial charge in [-0.2, -0.15) is 0 Å². The Morgan fingerprint density at radius 1 is 1.56 bits per heavy atom. The fourth-order valence-corrected chi connectivity index (χ4v) is 2.21. The number of amides is 2. The van der Waals surface area contributed by atoms with Crippen molar-refractivity contribution in [2.24, 2.45) is 5.92 Å². The topological polar surface area (TPSA) is 58.6 Å². The van der Waals surface area contributed by atoms with E-state index in [2.05, 4.69) is 21.2 Å². The molecule has 104 valence electrons. The van der Waals surface area contributed by atoms with Gasteiger partial charge in [0.2, 0.25) is 5.91 Å². The predicted octanol–water partition coefficient (Wildman–Crippen LogP) is 1.75. The predicted molar refractivity (Wildman–Crippen MR) is 72.7 cm³/mol. The number of likely N-dealkylation sites (tertiary alicyclic amines) is 1. The molecule has 1 heterocycles. The minimum atomic E-state index is -0.491. The summed E-state index contributed by atoms with van der Waals surface area (Å²) in [6.07, 6.45) is 0.156. The van der Waals surface area contributed by atoms with Gasteiger partial charge in [0.25, 0.3) is 0 Å². The number of hydrogen-bond donors (Lipinski definition) is 1. The number of rotatable bonds is 4. The van der Waals surface area contributed by atoms with Crippen LogP contribution < -0.4 is 5.32 Å². The Morgan fingerprint density at radius 3 is 2.72 bits per heavy atom. The molecule has 1 unspecified atom stereocenters. The second-order valence-corrected chi connectivity index (χ2v) is 6.14. The lowest BCUT2D eigenvalue weighted by Gasteiger charge is -2.21. The Labute approximate surface area is 116 Å². The van der Waals surface area contributed by atoms with Gasteiger partial charge in [-0.15, -0.1) is 0 Å². The smallest absolute Gasteiger partial charge is 0.407 e. The zero-order chi connectivity index (χ0) is 13.8. The van der Waals surface area contributed by atoms with Crippen molar-refractivity contribution in [3.8, 4) is 0 Å². The van der Waals surface area contributed by atoms with Crippen molar-refractivity contribution in [1.82, 2.24) is 10.2 Å². The first-order chi connectivity index (χ1) is 8.31. The van der Waals surface area contributed by atoms with Crippen LogP contribution in [0, 0.1) is 5.92 Å². The van der Waals surface area contributed by atoms with Crippen LogP contribution in [0.4, 0.5) is 4.79 Å². The summed E-state index contributed by atoms with van der Waals surface area (Å²) in [6.45, 7) is 7.18. The average molecular weight is 321 g/mol. The molecule has 0 bridgehead atoms. The number of carbonyl (C=O) groups is 2. The molecule has 2 amide bonds. The van der Waals surface area contributed by atoms with E-state index in [0.717, 1.165) is 11.9 Å². The molecule has 1 aliphatic rings. The van der Waals surface area contributed by atoms with Gasteiger partial charge in [0.15, 0.2) is 0 Å². The zero-order valence-electron chi connectivity index (χ0n) is 11.2. The number of hydrogen-bond acceptors (Lipinski definition) is 3. The maximum atomic E-state index is 11.6. The third-order valence-corrected chi connectivity index (χ3v) is 3.48. The Hall–Kier alpha value is -0.780.